The van der Waals surface area contributed by atoms with Crippen LogP contribution in [0.1, 0.15) is 112 Å². The number of amides is 6. The summed E-state index contributed by atoms with van der Waals surface area (Å²) in [6.07, 6.45) is 4.89. The Morgan fingerprint density at radius 2 is 0.937 bits per heavy atom. The van der Waals surface area contributed by atoms with Crippen LogP contribution < -0.4 is 25.4 Å². The van der Waals surface area contributed by atoms with Crippen LogP contribution in [-0.2, 0) is 37.2 Å². The summed E-state index contributed by atoms with van der Waals surface area (Å²) in [4.78, 5) is 73.1. The van der Waals surface area contributed by atoms with E-state index in [9.17, 15) is 44.4 Å². The topological polar surface area (TPSA) is 227 Å². The van der Waals surface area contributed by atoms with Gasteiger partial charge in [0.2, 0.25) is 29.5 Å². The van der Waals surface area contributed by atoms with Gasteiger partial charge in [0, 0.05) is 71.9 Å². The Kier molecular flexibility index (Phi) is 24.5. The number of nitrogens with zero attached hydrogens (tertiary/aromatic N) is 3. The molecule has 63 heavy (non-hydrogen) atoms. The fourth-order valence-electron chi connectivity index (χ4n) is 6.15. The Balaban J connectivity index is 1.22. The Morgan fingerprint density at radius 1 is 0.492 bits per heavy atom. The van der Waals surface area contributed by atoms with E-state index in [0.29, 0.717) is 116 Å². The van der Waals surface area contributed by atoms with Crippen LogP contribution in [0.3, 0.4) is 0 Å². The number of carbonyl (C=O) groups is 6. The van der Waals surface area contributed by atoms with Crippen molar-refractivity contribution in [1.29, 1.82) is 0 Å². The molecule has 6 amide bonds. The molecule has 0 spiro atoms. The zero-order chi connectivity index (χ0) is 45.7. The molecule has 6 N–H and O–H groups in total. The highest BCUT2D eigenvalue weighted by Crippen LogP contribution is 2.33. The predicted octanol–water partition coefficient (Wildman–Crippen LogP) is 5.55. The molecule has 0 fully saturated rings. The average Bonchev–Trinajstić information content (AvgIpc) is 3.29. The van der Waals surface area contributed by atoms with E-state index in [1.54, 1.807) is 18.2 Å². The summed E-state index contributed by atoms with van der Waals surface area (Å²) in [7, 11) is 0. The lowest BCUT2D eigenvalue weighted by atomic mass is 10.1. The second-order valence-corrected chi connectivity index (χ2v) is 15.0. The quantitative estimate of drug-likeness (QED) is 0.0267. The van der Waals surface area contributed by atoms with Crippen molar-refractivity contribution in [2.75, 3.05) is 39.3 Å². The summed E-state index contributed by atoms with van der Waals surface area (Å²) in [5, 5.41) is 39.7. The van der Waals surface area contributed by atoms with Gasteiger partial charge in [0.25, 0.3) is 5.91 Å². The smallest absolute Gasteiger partial charge is 0.255 e. The second kappa shape index (κ2) is 30.1. The van der Waals surface area contributed by atoms with Crippen LogP contribution in [0, 0.1) is 0 Å². The van der Waals surface area contributed by atoms with E-state index < -0.39 is 17.7 Å². The molecule has 17 nitrogen and oxygen atoms in total. The van der Waals surface area contributed by atoms with Crippen molar-refractivity contribution in [3.8, 4) is 11.5 Å². The summed E-state index contributed by atoms with van der Waals surface area (Å²) in [5.74, 6) is -1.73. The maximum absolute atomic E-state index is 13.3. The number of hydroxylamine groups is 6. The average molecular weight is 877 g/mol. The molecule has 0 aliphatic heterocycles. The van der Waals surface area contributed by atoms with Gasteiger partial charge in [-0.25, -0.2) is 15.2 Å². The standard InChI is InChI=1S/C46H64N6O11/c1-36(53)50(59)31-14-4-11-28-47-41(54)24-26-43(56)51(60)32-15-5-12-29-48-42(55)25-27-44(57)52(61)33-16-6-13-30-49-46(58)39-22-17-23-40(62-34-37-18-7-2-8-19-37)45(39)63-35-38-20-9-3-10-21-38/h2-3,7-10,17-23,59-61H,4-6,11-16,24-35H2,1H3,(H,47,54)(H,48,55)(H,49,58). The predicted molar refractivity (Wildman–Crippen MR) is 233 cm³/mol. The zero-order valence-corrected chi connectivity index (χ0v) is 36.3. The van der Waals surface area contributed by atoms with Crippen molar-refractivity contribution in [1.82, 2.24) is 31.1 Å². The van der Waals surface area contributed by atoms with Crippen LogP contribution >= 0.6 is 0 Å². The third-order valence-corrected chi connectivity index (χ3v) is 9.83. The van der Waals surface area contributed by atoms with Gasteiger partial charge in [-0.3, -0.25) is 44.4 Å². The van der Waals surface area contributed by atoms with Crippen molar-refractivity contribution in [2.45, 2.75) is 104 Å². The number of benzene rings is 3. The van der Waals surface area contributed by atoms with E-state index in [2.05, 4.69) is 16.0 Å². The molecule has 0 aromatic heterocycles. The molecule has 344 valence electrons. The molecule has 17 heteroatoms. The van der Waals surface area contributed by atoms with E-state index in [-0.39, 0.29) is 69.6 Å². The second-order valence-electron chi connectivity index (χ2n) is 15.0. The Morgan fingerprint density at radius 3 is 1.41 bits per heavy atom. The largest absolute Gasteiger partial charge is 0.485 e. The summed E-state index contributed by atoms with van der Waals surface area (Å²) >= 11 is 0. The molecule has 0 saturated carbocycles. The normalized spacial score (nSPS) is 10.7. The molecule has 0 unspecified atom stereocenters. The summed E-state index contributed by atoms with van der Waals surface area (Å²) in [6.45, 7) is 3.32. The minimum Gasteiger partial charge on any atom is -0.485 e. The zero-order valence-electron chi connectivity index (χ0n) is 36.3. The van der Waals surface area contributed by atoms with E-state index in [1.807, 2.05) is 60.7 Å². The van der Waals surface area contributed by atoms with Crippen LogP contribution in [0.2, 0.25) is 0 Å². The van der Waals surface area contributed by atoms with Gasteiger partial charge in [-0.1, -0.05) is 66.7 Å². The minimum absolute atomic E-state index is 0.0632. The molecular formula is C46H64N6O11. The maximum atomic E-state index is 13.3. The minimum atomic E-state index is -0.571. The monoisotopic (exact) mass is 876 g/mol. The number of carbonyl (C=O) groups excluding carboxylic acids is 6. The highest BCUT2D eigenvalue weighted by Gasteiger charge is 2.19. The number of unbranched alkanes of at least 4 members (excludes halogenated alkanes) is 6. The maximum Gasteiger partial charge on any atom is 0.255 e. The fourth-order valence-corrected chi connectivity index (χ4v) is 6.15. The number of ether oxygens (including phenoxy) is 2. The SMILES string of the molecule is CC(=O)N(O)CCCCCNC(=O)CCC(=O)N(O)CCCCCNC(=O)CCC(=O)N(O)CCCCCNC(=O)c1cccc(OCc2ccccc2)c1OCc1ccccc1. The highest BCUT2D eigenvalue weighted by molar-refractivity contribution is 5.97. The summed E-state index contributed by atoms with van der Waals surface area (Å²) < 4.78 is 12.2. The summed E-state index contributed by atoms with van der Waals surface area (Å²) in [6, 6.07) is 24.5. The molecule has 3 rings (SSSR count). The molecule has 3 aromatic rings. The van der Waals surface area contributed by atoms with Gasteiger partial charge in [-0.05, 0) is 81.0 Å². The summed E-state index contributed by atoms with van der Waals surface area (Å²) in [5.41, 5.74) is 2.26. The molecule has 3 aromatic carbocycles. The molecule has 0 bridgehead atoms. The van der Waals surface area contributed by atoms with Crippen LogP contribution in [0.5, 0.6) is 11.5 Å². The van der Waals surface area contributed by atoms with Gasteiger partial charge in [-0.2, -0.15) is 0 Å². The first kappa shape index (κ1) is 51.3. The number of rotatable bonds is 31. The number of hydrogen-bond acceptors (Lipinski definition) is 11. The first-order chi connectivity index (χ1) is 30.4. The molecule has 0 radical (unpaired) electrons. The van der Waals surface area contributed by atoms with Gasteiger partial charge < -0.3 is 25.4 Å². The first-order valence-corrected chi connectivity index (χ1v) is 21.7. The van der Waals surface area contributed by atoms with E-state index in [1.165, 1.54) is 6.92 Å². The molecule has 0 heterocycles. The fraction of sp³-hybridized carbons (Fsp3) is 0.478. The third kappa shape index (κ3) is 21.5. The molecule has 0 saturated heterocycles. The Bertz CT molecular complexity index is 1850. The number of para-hydroxylation sites is 1. The lowest BCUT2D eigenvalue weighted by Gasteiger charge is -2.17. The van der Waals surface area contributed by atoms with Gasteiger partial charge >= 0.3 is 0 Å². The van der Waals surface area contributed by atoms with Crippen molar-refractivity contribution >= 4 is 35.4 Å². The third-order valence-electron chi connectivity index (χ3n) is 9.83. The van der Waals surface area contributed by atoms with Gasteiger partial charge in [0.1, 0.15) is 13.2 Å². The van der Waals surface area contributed by atoms with Crippen molar-refractivity contribution in [3.05, 3.63) is 95.6 Å². The number of hydrogen-bond donors (Lipinski definition) is 6. The van der Waals surface area contributed by atoms with E-state index >= 15 is 0 Å². The van der Waals surface area contributed by atoms with Crippen LogP contribution in [-0.4, -0.2) is 106 Å². The molecular weight excluding hydrogens is 813 g/mol. The van der Waals surface area contributed by atoms with Gasteiger partial charge in [-0.15, -0.1) is 0 Å². The number of nitrogens with one attached hydrogen (secondary N) is 3. The lowest BCUT2D eigenvalue weighted by molar-refractivity contribution is -0.166. The Hall–Kier alpha value is -6.04. The van der Waals surface area contributed by atoms with Gasteiger partial charge in [0.05, 0.1) is 5.56 Å². The first-order valence-electron chi connectivity index (χ1n) is 21.7. The van der Waals surface area contributed by atoms with E-state index in [4.69, 9.17) is 9.47 Å². The Labute approximate surface area is 369 Å². The lowest BCUT2D eigenvalue weighted by Crippen LogP contribution is -2.31. The van der Waals surface area contributed by atoms with Gasteiger partial charge in [0.15, 0.2) is 11.5 Å². The van der Waals surface area contributed by atoms with Crippen LogP contribution in [0.25, 0.3) is 0 Å². The van der Waals surface area contributed by atoms with Crippen LogP contribution in [0.15, 0.2) is 78.9 Å². The highest BCUT2D eigenvalue weighted by atomic mass is 16.5. The van der Waals surface area contributed by atoms with Crippen molar-refractivity contribution in [2.24, 2.45) is 0 Å². The van der Waals surface area contributed by atoms with Crippen molar-refractivity contribution < 1.29 is 53.9 Å². The molecule has 0 atom stereocenters. The van der Waals surface area contributed by atoms with Crippen LogP contribution in [0.4, 0.5) is 0 Å². The van der Waals surface area contributed by atoms with E-state index in [0.717, 1.165) is 11.1 Å². The van der Waals surface area contributed by atoms with Crippen molar-refractivity contribution in [3.63, 3.8) is 0 Å². The molecule has 0 aliphatic carbocycles. The molecule has 0 aliphatic rings.